The molecule has 2 bridgehead atoms. The first-order valence-corrected chi connectivity index (χ1v) is 16.5. The number of aliphatic hydroxyl groups excluding tert-OH is 1. The van der Waals surface area contributed by atoms with Crippen molar-refractivity contribution in [2.24, 2.45) is 17.8 Å². The molecule has 6 atom stereocenters. The highest BCUT2D eigenvalue weighted by Gasteiger charge is 2.76. The largest absolute Gasteiger partial charge is 0.494 e. The van der Waals surface area contributed by atoms with Gasteiger partial charge in [0.1, 0.15) is 11.8 Å². The smallest absolute Gasteiger partial charge is 0.247 e. The zero-order valence-electron chi connectivity index (χ0n) is 26.5. The number of rotatable bonds is 14. The van der Waals surface area contributed by atoms with Crippen molar-refractivity contribution in [3.63, 3.8) is 0 Å². The predicted octanol–water partition coefficient (Wildman–Crippen LogP) is 4.92. The number of likely N-dealkylation sites (tertiary alicyclic amines) is 1. The van der Waals surface area contributed by atoms with Gasteiger partial charge in [-0.15, -0.1) is 24.9 Å². The van der Waals surface area contributed by atoms with E-state index in [1.807, 2.05) is 56.9 Å². The molecule has 3 heterocycles. The van der Waals surface area contributed by atoms with Gasteiger partial charge in [0, 0.05) is 42.7 Å². The highest BCUT2D eigenvalue weighted by Crippen LogP contribution is 2.69. The molecule has 3 aliphatic heterocycles. The Labute approximate surface area is 261 Å². The normalized spacial score (nSPS) is 27.6. The molecule has 1 spiro atoms. The topological polar surface area (TPSA) is 90.4 Å². The number of carbonyl (C=O) groups is 3. The summed E-state index contributed by atoms with van der Waals surface area (Å²) in [5.41, 5.74) is 0.256. The van der Waals surface area contributed by atoms with Crippen LogP contribution in [0.4, 0.5) is 5.69 Å². The lowest BCUT2D eigenvalue weighted by atomic mass is 9.65. The lowest BCUT2D eigenvalue weighted by Gasteiger charge is -2.44. The Morgan fingerprint density at radius 3 is 2.37 bits per heavy atom. The third-order valence-electron chi connectivity index (χ3n) is 9.25. The van der Waals surface area contributed by atoms with E-state index in [-0.39, 0.29) is 35.5 Å². The van der Waals surface area contributed by atoms with E-state index < -0.39 is 28.2 Å². The van der Waals surface area contributed by atoms with Gasteiger partial charge in [-0.1, -0.05) is 19.1 Å². The van der Waals surface area contributed by atoms with Crippen LogP contribution < -0.4 is 9.64 Å². The number of anilines is 1. The van der Waals surface area contributed by atoms with Gasteiger partial charge in [-0.25, -0.2) is 0 Å². The lowest BCUT2D eigenvalue weighted by molar-refractivity contribution is -0.145. The van der Waals surface area contributed by atoms with Crippen LogP contribution in [0, 0.1) is 17.8 Å². The van der Waals surface area contributed by atoms with Crippen molar-refractivity contribution in [2.75, 3.05) is 37.7 Å². The zero-order valence-corrected chi connectivity index (χ0v) is 27.3. The SMILES string of the molecule is C=CCN(C(=O)[C@@H]1[C@H]2C(=O)N(CCCCCO)C(C(=O)N(CC=C)C(C)(C)C)C23S[C@@H]1CC3C)c1ccc(OCC)cc1. The molecule has 236 valence electrons. The summed E-state index contributed by atoms with van der Waals surface area (Å²) in [4.78, 5) is 49.0. The minimum atomic E-state index is -0.695. The van der Waals surface area contributed by atoms with Crippen molar-refractivity contribution < 1.29 is 24.2 Å². The van der Waals surface area contributed by atoms with Gasteiger partial charge in [0.25, 0.3) is 0 Å². The first-order chi connectivity index (χ1) is 20.5. The Bertz CT molecular complexity index is 1200. The molecule has 1 aromatic carbocycles. The molecule has 3 saturated heterocycles. The van der Waals surface area contributed by atoms with Crippen molar-refractivity contribution in [1.29, 1.82) is 0 Å². The minimum absolute atomic E-state index is 0.0548. The second kappa shape index (κ2) is 13.5. The Morgan fingerprint density at radius 2 is 1.79 bits per heavy atom. The van der Waals surface area contributed by atoms with Gasteiger partial charge in [0.05, 0.1) is 23.2 Å². The summed E-state index contributed by atoms with van der Waals surface area (Å²) in [5.74, 6) is -0.589. The Morgan fingerprint density at radius 1 is 1.12 bits per heavy atom. The number of ether oxygens (including phenoxy) is 1. The molecule has 3 aliphatic rings. The Balaban J connectivity index is 1.75. The molecule has 1 aromatic rings. The molecule has 0 saturated carbocycles. The van der Waals surface area contributed by atoms with E-state index in [0.29, 0.717) is 39.1 Å². The van der Waals surface area contributed by atoms with E-state index in [9.17, 15) is 19.5 Å². The number of hydrogen-bond acceptors (Lipinski definition) is 6. The molecular formula is C34H49N3O5S. The molecule has 1 N–H and O–H groups in total. The van der Waals surface area contributed by atoms with Gasteiger partial charge < -0.3 is 24.5 Å². The second-order valence-electron chi connectivity index (χ2n) is 12.9. The summed E-state index contributed by atoms with van der Waals surface area (Å²) >= 11 is 1.70. The molecule has 0 aliphatic carbocycles. The fourth-order valence-electron chi connectivity index (χ4n) is 7.38. The quantitative estimate of drug-likeness (QED) is 0.237. The van der Waals surface area contributed by atoms with Crippen LogP contribution in [0.1, 0.15) is 60.3 Å². The molecule has 3 amide bonds. The van der Waals surface area contributed by atoms with Crippen molar-refractivity contribution >= 4 is 35.2 Å². The average Bonchev–Trinajstić information content (AvgIpc) is 3.55. The van der Waals surface area contributed by atoms with Gasteiger partial charge in [-0.3, -0.25) is 14.4 Å². The van der Waals surface area contributed by atoms with E-state index in [0.717, 1.165) is 24.3 Å². The van der Waals surface area contributed by atoms with Crippen LogP contribution in [0.3, 0.4) is 0 Å². The number of amides is 3. The summed E-state index contributed by atoms with van der Waals surface area (Å²) in [6, 6.07) is 6.78. The number of benzene rings is 1. The summed E-state index contributed by atoms with van der Waals surface area (Å²) < 4.78 is 4.91. The number of fused-ring (bicyclic) bond motifs is 1. The first-order valence-electron chi connectivity index (χ1n) is 15.6. The van der Waals surface area contributed by atoms with E-state index in [4.69, 9.17) is 4.74 Å². The maximum Gasteiger partial charge on any atom is 0.247 e. The van der Waals surface area contributed by atoms with Gasteiger partial charge >= 0.3 is 0 Å². The molecule has 3 fully saturated rings. The van der Waals surface area contributed by atoms with Crippen LogP contribution in [-0.2, 0) is 14.4 Å². The molecule has 8 nitrogen and oxygen atoms in total. The summed E-state index contributed by atoms with van der Waals surface area (Å²) in [5, 5.41) is 9.28. The fourth-order valence-corrected chi connectivity index (χ4v) is 9.79. The van der Waals surface area contributed by atoms with E-state index in [1.165, 1.54) is 0 Å². The molecule has 9 heteroatoms. The van der Waals surface area contributed by atoms with Crippen LogP contribution in [0.5, 0.6) is 5.75 Å². The van der Waals surface area contributed by atoms with Crippen LogP contribution in [0.2, 0.25) is 0 Å². The number of hydrogen-bond donors (Lipinski definition) is 1. The third-order valence-corrected chi connectivity index (χ3v) is 11.3. The van der Waals surface area contributed by atoms with Crippen molar-refractivity contribution in [1.82, 2.24) is 9.80 Å². The van der Waals surface area contributed by atoms with Gasteiger partial charge in [-0.2, -0.15) is 0 Å². The monoisotopic (exact) mass is 611 g/mol. The fraction of sp³-hybridized carbons (Fsp3) is 0.618. The maximum absolute atomic E-state index is 14.6. The Kier molecular flexibility index (Phi) is 10.4. The molecule has 0 radical (unpaired) electrons. The van der Waals surface area contributed by atoms with Crippen LogP contribution >= 0.6 is 11.8 Å². The molecule has 4 rings (SSSR count). The maximum atomic E-state index is 14.6. The first kappa shape index (κ1) is 33.1. The lowest BCUT2D eigenvalue weighted by Crippen LogP contribution is -2.60. The molecule has 0 aromatic heterocycles. The van der Waals surface area contributed by atoms with Gasteiger partial charge in [0.2, 0.25) is 17.7 Å². The van der Waals surface area contributed by atoms with Gasteiger partial charge in [-0.05, 0) is 83.6 Å². The number of unbranched alkanes of at least 4 members (excludes halogenated alkanes) is 2. The van der Waals surface area contributed by atoms with Crippen LogP contribution in [0.25, 0.3) is 0 Å². The van der Waals surface area contributed by atoms with E-state index in [1.54, 1.807) is 33.7 Å². The number of thioether (sulfide) groups is 1. The Hall–Kier alpha value is -2.78. The third kappa shape index (κ3) is 5.99. The van der Waals surface area contributed by atoms with Crippen LogP contribution in [0.15, 0.2) is 49.6 Å². The summed E-state index contributed by atoms with van der Waals surface area (Å²) in [6.45, 7) is 19.6. The van der Waals surface area contributed by atoms with E-state index in [2.05, 4.69) is 20.1 Å². The molecular weight excluding hydrogens is 562 g/mol. The highest BCUT2D eigenvalue weighted by molar-refractivity contribution is 8.02. The molecule has 43 heavy (non-hydrogen) atoms. The molecule has 3 unspecified atom stereocenters. The van der Waals surface area contributed by atoms with Crippen molar-refractivity contribution in [2.45, 2.75) is 81.9 Å². The van der Waals surface area contributed by atoms with Crippen molar-refractivity contribution in [3.05, 3.63) is 49.6 Å². The van der Waals surface area contributed by atoms with Crippen LogP contribution in [-0.4, -0.2) is 87.1 Å². The number of nitrogens with zero attached hydrogens (tertiary/aromatic N) is 3. The zero-order chi connectivity index (χ0) is 31.5. The number of carbonyl (C=O) groups excluding carboxylic acids is 3. The number of aliphatic hydroxyl groups is 1. The van der Waals surface area contributed by atoms with Gasteiger partial charge in [0.15, 0.2) is 0 Å². The van der Waals surface area contributed by atoms with Crippen molar-refractivity contribution in [3.8, 4) is 5.75 Å². The minimum Gasteiger partial charge on any atom is -0.494 e. The highest BCUT2D eigenvalue weighted by atomic mass is 32.2. The average molecular weight is 612 g/mol. The standard InChI is InChI=1S/C34H49N3O5S/c1-8-18-35(24-14-16-25(17-15-24)42-10-3)30(39)27-26-22-23(4)34(43-26)28(27)31(40)36(20-12-11-13-21-38)29(34)32(41)37(19-9-2)33(5,6)7/h8-9,14-17,23,26-29,38H,1-2,10-13,18-22H2,3-7H3/t23?,26-,27+,28+,29?,34?/m1/s1. The summed E-state index contributed by atoms with van der Waals surface area (Å²) in [7, 11) is 0. The van der Waals surface area contributed by atoms with E-state index >= 15 is 0 Å². The summed E-state index contributed by atoms with van der Waals surface area (Å²) in [6.07, 6.45) is 6.31. The predicted molar refractivity (Wildman–Crippen MR) is 173 cm³/mol. The second-order valence-corrected chi connectivity index (χ2v) is 14.5.